The summed E-state index contributed by atoms with van der Waals surface area (Å²) in [6.07, 6.45) is 9.75. The summed E-state index contributed by atoms with van der Waals surface area (Å²) >= 11 is 0. The van der Waals surface area contributed by atoms with Crippen molar-refractivity contribution in [2.75, 3.05) is 11.9 Å². The first-order chi connectivity index (χ1) is 11.4. The fourth-order valence-electron chi connectivity index (χ4n) is 2.51. The topological polar surface area (TPSA) is 68.2 Å². The van der Waals surface area contributed by atoms with E-state index in [1.807, 2.05) is 30.5 Å². The number of rotatable bonds is 5. The van der Waals surface area contributed by atoms with Crippen LogP contribution in [0, 0.1) is 0 Å². The number of furan rings is 1. The van der Waals surface area contributed by atoms with Gasteiger partial charge in [-0.2, -0.15) is 9.61 Å². The quantitative estimate of drug-likeness (QED) is 0.614. The zero-order valence-electron chi connectivity index (χ0n) is 12.4. The van der Waals surface area contributed by atoms with Gasteiger partial charge >= 0.3 is 0 Å². The molecular formula is C17H15N5O. The number of nitrogens with one attached hydrogen (secondary N) is 1. The molecule has 0 amide bonds. The highest BCUT2D eigenvalue weighted by molar-refractivity contribution is 5.74. The Morgan fingerprint density at radius 1 is 1.09 bits per heavy atom. The van der Waals surface area contributed by atoms with E-state index in [1.165, 1.54) is 5.56 Å². The number of hydrogen-bond donors (Lipinski definition) is 1. The van der Waals surface area contributed by atoms with Crippen LogP contribution in [0.1, 0.15) is 5.56 Å². The lowest BCUT2D eigenvalue weighted by Crippen LogP contribution is -2.09. The van der Waals surface area contributed by atoms with Gasteiger partial charge in [0.2, 0.25) is 0 Å². The Morgan fingerprint density at radius 3 is 2.91 bits per heavy atom. The average Bonchev–Trinajstić information content (AvgIpc) is 3.25. The molecule has 0 aromatic carbocycles. The smallest absolute Gasteiger partial charge is 0.168 e. The van der Waals surface area contributed by atoms with Gasteiger partial charge in [-0.3, -0.25) is 4.98 Å². The molecule has 23 heavy (non-hydrogen) atoms. The van der Waals surface area contributed by atoms with Crippen LogP contribution in [0.4, 0.5) is 5.82 Å². The van der Waals surface area contributed by atoms with Gasteiger partial charge in [0.1, 0.15) is 11.6 Å². The molecule has 0 fully saturated rings. The SMILES string of the molecule is c1cncc(CCNc2ccnc3c(-c4ccco4)cnn23)c1. The summed E-state index contributed by atoms with van der Waals surface area (Å²) in [6.45, 7) is 0.792. The van der Waals surface area contributed by atoms with Crippen LogP contribution in [0.2, 0.25) is 0 Å². The van der Waals surface area contributed by atoms with E-state index in [9.17, 15) is 0 Å². The minimum Gasteiger partial charge on any atom is -0.464 e. The minimum atomic E-state index is 0.764. The number of anilines is 1. The second-order valence-corrected chi connectivity index (χ2v) is 5.14. The zero-order valence-corrected chi connectivity index (χ0v) is 12.4. The molecule has 0 saturated heterocycles. The predicted octanol–water partition coefficient (Wildman–Crippen LogP) is 3.04. The maximum atomic E-state index is 5.44. The predicted molar refractivity (Wildman–Crippen MR) is 87.1 cm³/mol. The summed E-state index contributed by atoms with van der Waals surface area (Å²) in [5.74, 6) is 1.66. The second kappa shape index (κ2) is 5.92. The summed E-state index contributed by atoms with van der Waals surface area (Å²) in [6, 6.07) is 9.69. The molecule has 0 aliphatic carbocycles. The molecule has 0 aliphatic heterocycles. The lowest BCUT2D eigenvalue weighted by Gasteiger charge is -2.08. The monoisotopic (exact) mass is 305 g/mol. The van der Waals surface area contributed by atoms with Crippen molar-refractivity contribution in [3.63, 3.8) is 0 Å². The van der Waals surface area contributed by atoms with Gasteiger partial charge in [-0.15, -0.1) is 0 Å². The Morgan fingerprint density at radius 2 is 2.09 bits per heavy atom. The van der Waals surface area contributed by atoms with E-state index in [0.717, 1.165) is 35.8 Å². The third kappa shape index (κ3) is 2.66. The van der Waals surface area contributed by atoms with Crippen molar-refractivity contribution >= 4 is 11.5 Å². The maximum absolute atomic E-state index is 5.44. The van der Waals surface area contributed by atoms with Crippen LogP contribution in [0.3, 0.4) is 0 Å². The normalized spacial score (nSPS) is 11.0. The van der Waals surface area contributed by atoms with Gasteiger partial charge in [0, 0.05) is 25.1 Å². The molecule has 0 spiro atoms. The molecule has 4 rings (SSSR count). The third-order valence-electron chi connectivity index (χ3n) is 3.63. The molecule has 6 nitrogen and oxygen atoms in total. The average molecular weight is 305 g/mol. The highest BCUT2D eigenvalue weighted by Crippen LogP contribution is 2.25. The molecule has 6 heteroatoms. The number of fused-ring (bicyclic) bond motifs is 1. The highest BCUT2D eigenvalue weighted by atomic mass is 16.3. The van der Waals surface area contributed by atoms with Crippen LogP contribution >= 0.6 is 0 Å². The van der Waals surface area contributed by atoms with Crippen LogP contribution in [0.15, 0.2) is 65.8 Å². The Labute approximate surface area is 132 Å². The molecule has 0 bridgehead atoms. The van der Waals surface area contributed by atoms with E-state index < -0.39 is 0 Å². The van der Waals surface area contributed by atoms with E-state index in [2.05, 4.69) is 26.4 Å². The van der Waals surface area contributed by atoms with Gasteiger partial charge in [-0.1, -0.05) is 6.07 Å². The van der Waals surface area contributed by atoms with Crippen molar-refractivity contribution in [1.82, 2.24) is 19.6 Å². The first-order valence-corrected chi connectivity index (χ1v) is 7.41. The Bertz CT molecular complexity index is 899. The highest BCUT2D eigenvalue weighted by Gasteiger charge is 2.12. The summed E-state index contributed by atoms with van der Waals surface area (Å²) in [5, 5.41) is 7.82. The zero-order chi connectivity index (χ0) is 15.5. The van der Waals surface area contributed by atoms with Crippen molar-refractivity contribution in [2.24, 2.45) is 0 Å². The lowest BCUT2D eigenvalue weighted by molar-refractivity contribution is 0.583. The van der Waals surface area contributed by atoms with Crippen LogP contribution < -0.4 is 5.32 Å². The molecule has 4 aromatic rings. The van der Waals surface area contributed by atoms with E-state index >= 15 is 0 Å². The van der Waals surface area contributed by atoms with Crippen LogP contribution in [-0.4, -0.2) is 26.1 Å². The molecule has 0 atom stereocenters. The van der Waals surface area contributed by atoms with Crippen LogP contribution in [0.25, 0.3) is 17.0 Å². The standard InChI is InChI=1S/C17H15N5O/c1-3-13(11-18-7-1)5-8-19-16-6-9-20-17-14(12-21-22(16)17)15-4-2-10-23-15/h1-4,6-7,9-12,19H,5,8H2. The Hall–Kier alpha value is -3.15. The molecule has 0 aliphatic rings. The molecule has 4 heterocycles. The number of aromatic nitrogens is 4. The fourth-order valence-corrected chi connectivity index (χ4v) is 2.51. The summed E-state index contributed by atoms with van der Waals surface area (Å²) in [4.78, 5) is 8.54. The summed E-state index contributed by atoms with van der Waals surface area (Å²) < 4.78 is 7.24. The van der Waals surface area contributed by atoms with Crippen LogP contribution in [-0.2, 0) is 6.42 Å². The van der Waals surface area contributed by atoms with E-state index in [0.29, 0.717) is 0 Å². The van der Waals surface area contributed by atoms with Gasteiger partial charge in [-0.05, 0) is 36.2 Å². The first-order valence-electron chi connectivity index (χ1n) is 7.41. The molecule has 0 radical (unpaired) electrons. The van der Waals surface area contributed by atoms with Gasteiger partial charge < -0.3 is 9.73 Å². The molecule has 1 N–H and O–H groups in total. The van der Waals surface area contributed by atoms with Crippen molar-refractivity contribution in [3.05, 3.63) is 66.9 Å². The van der Waals surface area contributed by atoms with E-state index in [1.54, 1.807) is 29.4 Å². The Balaban J connectivity index is 1.56. The third-order valence-corrected chi connectivity index (χ3v) is 3.63. The van der Waals surface area contributed by atoms with Crippen LogP contribution in [0.5, 0.6) is 0 Å². The van der Waals surface area contributed by atoms with Crippen molar-refractivity contribution in [1.29, 1.82) is 0 Å². The van der Waals surface area contributed by atoms with Crippen molar-refractivity contribution in [3.8, 4) is 11.3 Å². The fraction of sp³-hybridized carbons (Fsp3) is 0.118. The minimum absolute atomic E-state index is 0.764. The van der Waals surface area contributed by atoms with Gasteiger partial charge in [0.25, 0.3) is 0 Å². The van der Waals surface area contributed by atoms with Crippen molar-refractivity contribution < 1.29 is 4.42 Å². The molecular weight excluding hydrogens is 290 g/mol. The number of hydrogen-bond acceptors (Lipinski definition) is 5. The number of pyridine rings is 1. The molecule has 0 unspecified atom stereocenters. The first kappa shape index (κ1) is 13.5. The van der Waals surface area contributed by atoms with Gasteiger partial charge in [0.15, 0.2) is 5.65 Å². The molecule has 0 saturated carbocycles. The summed E-state index contributed by atoms with van der Waals surface area (Å²) in [7, 11) is 0. The lowest BCUT2D eigenvalue weighted by atomic mass is 10.2. The van der Waals surface area contributed by atoms with E-state index in [-0.39, 0.29) is 0 Å². The van der Waals surface area contributed by atoms with Gasteiger partial charge in [-0.25, -0.2) is 4.98 Å². The van der Waals surface area contributed by atoms with Crippen molar-refractivity contribution in [2.45, 2.75) is 6.42 Å². The largest absolute Gasteiger partial charge is 0.464 e. The summed E-state index contributed by atoms with van der Waals surface area (Å²) in [5.41, 5.74) is 2.85. The van der Waals surface area contributed by atoms with Gasteiger partial charge in [0.05, 0.1) is 18.0 Å². The Kier molecular flexibility index (Phi) is 3.48. The van der Waals surface area contributed by atoms with E-state index in [4.69, 9.17) is 4.42 Å². The second-order valence-electron chi connectivity index (χ2n) is 5.14. The molecule has 114 valence electrons. The maximum Gasteiger partial charge on any atom is 0.168 e. The number of nitrogens with zero attached hydrogens (tertiary/aromatic N) is 4. The molecule has 4 aromatic heterocycles.